The minimum absolute atomic E-state index is 0.327. The smallest absolute Gasteiger partial charge is 0.504 e. The van der Waals surface area contributed by atoms with E-state index in [1.165, 1.54) is 0 Å². The normalized spacial score (nSPS) is 15.8. The molecule has 70 valence electrons. The van der Waals surface area contributed by atoms with Gasteiger partial charge in [0.25, 0.3) is 0 Å². The molecule has 0 aliphatic rings. The zero-order valence-corrected chi connectivity index (χ0v) is 7.66. The standard InChI is InChI=1S/C9H14BNO2/c1-7(11)6-8-2-4-9(5-3-8)13-10-12/h2-5,7,10,12H,6,11H2,1H3/t7-/m0/s1/i7D. The molecule has 3 nitrogen and oxygen atoms in total. The molecule has 0 heterocycles. The van der Waals surface area contributed by atoms with Gasteiger partial charge in [-0.25, -0.2) is 0 Å². The number of nitrogens with two attached hydrogens (primary N) is 1. The Balaban J connectivity index is 2.64. The third kappa shape index (κ3) is 3.48. The molecule has 0 amide bonds. The molecule has 1 rings (SSSR count). The van der Waals surface area contributed by atoms with E-state index in [1.54, 1.807) is 19.1 Å². The first-order valence-corrected chi connectivity index (χ1v) is 4.13. The summed E-state index contributed by atoms with van der Waals surface area (Å²) in [5, 5.41) is 8.50. The second-order valence-corrected chi connectivity index (χ2v) is 2.94. The van der Waals surface area contributed by atoms with Crippen molar-refractivity contribution in [2.75, 3.05) is 0 Å². The van der Waals surface area contributed by atoms with E-state index in [-0.39, 0.29) is 7.69 Å². The van der Waals surface area contributed by atoms with Gasteiger partial charge in [0.2, 0.25) is 0 Å². The van der Waals surface area contributed by atoms with E-state index in [4.69, 9.17) is 16.8 Å². The third-order valence-electron chi connectivity index (χ3n) is 1.64. The lowest BCUT2D eigenvalue weighted by molar-refractivity contribution is 0.453. The van der Waals surface area contributed by atoms with Crippen molar-refractivity contribution in [2.45, 2.75) is 19.4 Å². The van der Waals surface area contributed by atoms with E-state index in [2.05, 4.69) is 0 Å². The predicted octanol–water partition coefficient (Wildman–Crippen LogP) is 0.214. The molecular weight excluding hydrogens is 165 g/mol. The Morgan fingerprint density at radius 3 is 2.69 bits per heavy atom. The molecule has 0 aromatic heterocycles. The van der Waals surface area contributed by atoms with Gasteiger partial charge in [-0.2, -0.15) is 0 Å². The summed E-state index contributed by atoms with van der Waals surface area (Å²) in [6.45, 7) is 1.66. The van der Waals surface area contributed by atoms with Gasteiger partial charge in [-0.3, -0.25) is 0 Å². The fourth-order valence-corrected chi connectivity index (χ4v) is 1.10. The molecule has 0 unspecified atom stereocenters. The quantitative estimate of drug-likeness (QED) is 0.651. The minimum Gasteiger partial charge on any atom is -0.539 e. The first-order valence-electron chi connectivity index (χ1n) is 4.63. The lowest BCUT2D eigenvalue weighted by atomic mass is 10.1. The zero-order valence-electron chi connectivity index (χ0n) is 8.66. The van der Waals surface area contributed by atoms with Crippen LogP contribution in [0.1, 0.15) is 13.9 Å². The summed E-state index contributed by atoms with van der Waals surface area (Å²) in [6, 6.07) is 6.23. The van der Waals surface area contributed by atoms with Crippen LogP contribution in [0.3, 0.4) is 0 Å². The fourth-order valence-electron chi connectivity index (χ4n) is 1.10. The second-order valence-electron chi connectivity index (χ2n) is 2.94. The molecule has 4 heteroatoms. The van der Waals surface area contributed by atoms with Gasteiger partial charge in [0.15, 0.2) is 0 Å². The minimum atomic E-state index is -0.945. The molecule has 0 fully saturated rings. The van der Waals surface area contributed by atoms with Crippen LogP contribution in [0.2, 0.25) is 0 Å². The highest BCUT2D eigenvalue weighted by molar-refractivity contribution is 6.17. The maximum absolute atomic E-state index is 8.50. The number of hydrogen-bond acceptors (Lipinski definition) is 3. The molecule has 1 aromatic carbocycles. The SMILES string of the molecule is [2H][C@@](C)(N)Cc1ccc(OBO)cc1. The Morgan fingerprint density at radius 2 is 2.23 bits per heavy atom. The Bertz CT molecular complexity index is 284. The van der Waals surface area contributed by atoms with E-state index < -0.39 is 6.02 Å². The van der Waals surface area contributed by atoms with Crippen molar-refractivity contribution in [1.29, 1.82) is 0 Å². The molecule has 3 N–H and O–H groups in total. The highest BCUT2D eigenvalue weighted by Gasteiger charge is 1.98. The van der Waals surface area contributed by atoms with Crippen LogP contribution >= 0.6 is 0 Å². The summed E-state index contributed by atoms with van der Waals surface area (Å²) < 4.78 is 12.4. The van der Waals surface area contributed by atoms with Gasteiger partial charge in [-0.15, -0.1) is 0 Å². The van der Waals surface area contributed by atoms with Crippen molar-refractivity contribution >= 4 is 7.69 Å². The van der Waals surface area contributed by atoms with Crippen molar-refractivity contribution in [3.05, 3.63) is 29.8 Å². The van der Waals surface area contributed by atoms with Crippen molar-refractivity contribution < 1.29 is 11.0 Å². The van der Waals surface area contributed by atoms with Crippen LogP contribution in [-0.2, 0) is 6.42 Å². The molecule has 0 aliphatic heterocycles. The monoisotopic (exact) mass is 180 g/mol. The molecule has 1 aromatic rings. The molecule has 0 saturated heterocycles. The van der Waals surface area contributed by atoms with Crippen LogP contribution in [-0.4, -0.2) is 18.7 Å². The molecule has 1 atom stereocenters. The van der Waals surface area contributed by atoms with E-state index in [0.29, 0.717) is 12.2 Å². The van der Waals surface area contributed by atoms with E-state index in [9.17, 15) is 0 Å². The Kier molecular flexibility index (Phi) is 3.24. The number of benzene rings is 1. The van der Waals surface area contributed by atoms with Gasteiger partial charge in [0, 0.05) is 7.39 Å². The first kappa shape index (κ1) is 8.60. The van der Waals surface area contributed by atoms with E-state index >= 15 is 0 Å². The molecule has 0 saturated carbocycles. The van der Waals surface area contributed by atoms with E-state index in [0.717, 1.165) is 5.56 Å². The zero-order chi connectivity index (χ0) is 10.6. The summed E-state index contributed by atoms with van der Waals surface area (Å²) in [4.78, 5) is 0. The summed E-state index contributed by atoms with van der Waals surface area (Å²) >= 11 is 0. The molecular formula is C9H14BNO2. The Hall–Kier alpha value is -0.995. The van der Waals surface area contributed by atoms with Gasteiger partial charge >= 0.3 is 7.69 Å². The first-order chi connectivity index (χ1) is 6.51. The van der Waals surface area contributed by atoms with E-state index in [1.807, 2.05) is 12.1 Å². The van der Waals surface area contributed by atoms with Gasteiger partial charge < -0.3 is 15.4 Å². The number of hydrogen-bond donors (Lipinski definition) is 2. The van der Waals surface area contributed by atoms with Crippen LogP contribution in [0.15, 0.2) is 24.3 Å². The largest absolute Gasteiger partial charge is 0.539 e. The van der Waals surface area contributed by atoms with Gasteiger partial charge in [-0.05, 0) is 31.0 Å². The Labute approximate surface area is 80.2 Å². The van der Waals surface area contributed by atoms with Crippen molar-refractivity contribution in [1.82, 2.24) is 0 Å². The highest BCUT2D eigenvalue weighted by atomic mass is 16.5. The van der Waals surface area contributed by atoms with Gasteiger partial charge in [0.1, 0.15) is 5.75 Å². The van der Waals surface area contributed by atoms with Crippen LogP contribution in [0, 0.1) is 0 Å². The summed E-state index contributed by atoms with van der Waals surface area (Å²) in [7, 11) is -0.327. The topological polar surface area (TPSA) is 55.5 Å². The van der Waals surface area contributed by atoms with Crippen LogP contribution in [0.25, 0.3) is 0 Å². The lowest BCUT2D eigenvalue weighted by Gasteiger charge is -2.06. The van der Waals surface area contributed by atoms with Crippen LogP contribution in [0.4, 0.5) is 0 Å². The highest BCUT2D eigenvalue weighted by Crippen LogP contribution is 2.12. The molecule has 0 spiro atoms. The van der Waals surface area contributed by atoms with Crippen molar-refractivity contribution in [2.24, 2.45) is 5.73 Å². The van der Waals surface area contributed by atoms with Gasteiger partial charge in [0.05, 0.1) is 0 Å². The lowest BCUT2D eigenvalue weighted by Crippen LogP contribution is -2.17. The van der Waals surface area contributed by atoms with Gasteiger partial charge in [-0.1, -0.05) is 12.1 Å². The summed E-state index contributed by atoms with van der Waals surface area (Å²) in [6.07, 6.45) is 0.492. The third-order valence-corrected chi connectivity index (χ3v) is 1.64. The summed E-state index contributed by atoms with van der Waals surface area (Å²) in [5.74, 6) is 0.611. The number of rotatable bonds is 4. The maximum atomic E-state index is 8.50. The van der Waals surface area contributed by atoms with Crippen LogP contribution in [0.5, 0.6) is 5.75 Å². The molecule has 0 bridgehead atoms. The van der Waals surface area contributed by atoms with Crippen LogP contribution < -0.4 is 10.4 Å². The average molecular weight is 180 g/mol. The second kappa shape index (κ2) is 4.89. The maximum Gasteiger partial charge on any atom is 0.504 e. The fraction of sp³-hybridized carbons (Fsp3) is 0.333. The Morgan fingerprint density at radius 1 is 1.62 bits per heavy atom. The molecule has 13 heavy (non-hydrogen) atoms. The average Bonchev–Trinajstić information content (AvgIpc) is 2.06. The predicted molar refractivity (Wildman–Crippen MR) is 53.8 cm³/mol. The van der Waals surface area contributed by atoms with Crippen molar-refractivity contribution in [3.8, 4) is 5.75 Å². The molecule has 0 aliphatic carbocycles. The van der Waals surface area contributed by atoms with Crippen molar-refractivity contribution in [3.63, 3.8) is 0 Å². The summed E-state index contributed by atoms with van der Waals surface area (Å²) in [5.41, 5.74) is 6.54. The molecule has 0 radical (unpaired) electrons.